The zero-order valence-corrected chi connectivity index (χ0v) is 8.14. The molecule has 2 heteroatoms. The number of ether oxygens (including phenoxy) is 1. The number of hydrogen-bond acceptors (Lipinski definition) is 2. The summed E-state index contributed by atoms with van der Waals surface area (Å²) in [6.07, 6.45) is 8.76. The third-order valence-corrected chi connectivity index (χ3v) is 2.90. The van der Waals surface area contributed by atoms with Crippen LogP contribution < -0.4 is 5.73 Å². The number of hydrogen-bond donors (Lipinski definition) is 1. The maximum atomic E-state index is 6.27. The van der Waals surface area contributed by atoms with E-state index in [0.717, 1.165) is 13.0 Å². The van der Waals surface area contributed by atoms with Gasteiger partial charge in [-0.25, -0.2) is 0 Å². The van der Waals surface area contributed by atoms with Crippen LogP contribution in [-0.2, 0) is 4.74 Å². The van der Waals surface area contributed by atoms with Gasteiger partial charge in [0.05, 0.1) is 0 Å². The number of nitrogens with two attached hydrogens (primary N) is 1. The van der Waals surface area contributed by atoms with E-state index >= 15 is 0 Å². The van der Waals surface area contributed by atoms with E-state index in [1.54, 1.807) is 7.11 Å². The molecule has 0 aromatic heterocycles. The molecular weight excluding hydrogens is 150 g/mol. The Balaban J connectivity index is 2.32. The molecule has 0 amide bonds. The maximum absolute atomic E-state index is 6.27. The van der Waals surface area contributed by atoms with E-state index in [9.17, 15) is 0 Å². The second kappa shape index (κ2) is 4.83. The van der Waals surface area contributed by atoms with Gasteiger partial charge >= 0.3 is 0 Å². The molecule has 72 valence electrons. The molecule has 1 fully saturated rings. The minimum Gasteiger partial charge on any atom is -0.385 e. The fourth-order valence-electron chi connectivity index (χ4n) is 1.99. The van der Waals surface area contributed by atoms with E-state index in [2.05, 4.69) is 0 Å². The van der Waals surface area contributed by atoms with E-state index in [4.69, 9.17) is 10.5 Å². The Labute approximate surface area is 75.5 Å². The average molecular weight is 171 g/mol. The summed E-state index contributed by atoms with van der Waals surface area (Å²) in [5.74, 6) is 0. The summed E-state index contributed by atoms with van der Waals surface area (Å²) in [5, 5.41) is 0. The van der Waals surface area contributed by atoms with E-state index in [0.29, 0.717) is 0 Å². The summed E-state index contributed by atoms with van der Waals surface area (Å²) in [4.78, 5) is 0. The maximum Gasteiger partial charge on any atom is 0.0479 e. The molecule has 0 bridgehead atoms. The quantitative estimate of drug-likeness (QED) is 0.660. The van der Waals surface area contributed by atoms with Gasteiger partial charge in [-0.05, 0) is 19.3 Å². The Morgan fingerprint density at radius 3 is 2.25 bits per heavy atom. The molecule has 0 unspecified atom stereocenters. The van der Waals surface area contributed by atoms with Crippen LogP contribution in [0.5, 0.6) is 0 Å². The zero-order valence-electron chi connectivity index (χ0n) is 8.14. The van der Waals surface area contributed by atoms with E-state index in [1.165, 1.54) is 38.5 Å². The van der Waals surface area contributed by atoms with Gasteiger partial charge in [0.1, 0.15) is 0 Å². The van der Waals surface area contributed by atoms with Crippen LogP contribution >= 0.6 is 0 Å². The summed E-state index contributed by atoms with van der Waals surface area (Å²) in [6, 6.07) is 0. The van der Waals surface area contributed by atoms with Gasteiger partial charge in [-0.15, -0.1) is 0 Å². The Hall–Kier alpha value is -0.0800. The van der Waals surface area contributed by atoms with Crippen molar-refractivity contribution < 1.29 is 4.74 Å². The third kappa shape index (κ3) is 3.11. The average Bonchev–Trinajstić information content (AvgIpc) is 2.27. The summed E-state index contributed by atoms with van der Waals surface area (Å²) in [7, 11) is 1.75. The van der Waals surface area contributed by atoms with Gasteiger partial charge in [-0.3, -0.25) is 0 Å². The van der Waals surface area contributed by atoms with Crippen LogP contribution in [0.15, 0.2) is 0 Å². The minimum atomic E-state index is 0.0898. The largest absolute Gasteiger partial charge is 0.385 e. The molecule has 0 aromatic rings. The molecule has 0 aliphatic heterocycles. The van der Waals surface area contributed by atoms with Gasteiger partial charge < -0.3 is 10.5 Å². The lowest BCUT2D eigenvalue weighted by molar-refractivity contribution is 0.161. The van der Waals surface area contributed by atoms with Crippen molar-refractivity contribution in [2.75, 3.05) is 13.7 Å². The van der Waals surface area contributed by atoms with Gasteiger partial charge in [0.15, 0.2) is 0 Å². The Morgan fingerprint density at radius 2 is 1.75 bits per heavy atom. The molecule has 0 radical (unpaired) electrons. The van der Waals surface area contributed by atoms with Crippen LogP contribution in [0, 0.1) is 0 Å². The first-order chi connectivity index (χ1) is 5.77. The highest BCUT2D eigenvalue weighted by Gasteiger charge is 2.25. The molecule has 0 heterocycles. The second-order valence-electron chi connectivity index (χ2n) is 4.02. The van der Waals surface area contributed by atoms with Gasteiger partial charge in [-0.2, -0.15) is 0 Å². The number of rotatable bonds is 3. The normalized spacial score (nSPS) is 23.5. The molecule has 1 aliphatic rings. The van der Waals surface area contributed by atoms with Crippen LogP contribution in [0.25, 0.3) is 0 Å². The van der Waals surface area contributed by atoms with Crippen molar-refractivity contribution in [2.24, 2.45) is 5.73 Å². The molecule has 0 aromatic carbocycles. The molecular formula is C10H21NO. The summed E-state index contributed by atoms with van der Waals surface area (Å²) >= 11 is 0. The highest BCUT2D eigenvalue weighted by Crippen LogP contribution is 2.27. The smallest absolute Gasteiger partial charge is 0.0479 e. The van der Waals surface area contributed by atoms with Crippen molar-refractivity contribution >= 4 is 0 Å². The summed E-state index contributed by atoms with van der Waals surface area (Å²) < 4.78 is 5.07. The van der Waals surface area contributed by atoms with Crippen LogP contribution in [0.3, 0.4) is 0 Å². The SMILES string of the molecule is COCCC1(N)CCCCCC1. The molecule has 2 N–H and O–H groups in total. The van der Waals surface area contributed by atoms with Crippen LogP contribution in [0.2, 0.25) is 0 Å². The van der Waals surface area contributed by atoms with Gasteiger partial charge in [0.25, 0.3) is 0 Å². The van der Waals surface area contributed by atoms with Gasteiger partial charge in [0.2, 0.25) is 0 Å². The van der Waals surface area contributed by atoms with Gasteiger partial charge in [-0.1, -0.05) is 25.7 Å². The first kappa shape index (κ1) is 10.0. The lowest BCUT2D eigenvalue weighted by atomic mass is 9.88. The predicted octanol–water partition coefficient (Wildman–Crippen LogP) is 2.07. The Bertz CT molecular complexity index is 117. The fourth-order valence-corrected chi connectivity index (χ4v) is 1.99. The summed E-state index contributed by atoms with van der Waals surface area (Å²) in [5.41, 5.74) is 6.35. The van der Waals surface area contributed by atoms with E-state index in [1.807, 2.05) is 0 Å². The molecule has 2 nitrogen and oxygen atoms in total. The van der Waals surface area contributed by atoms with E-state index < -0.39 is 0 Å². The molecule has 0 atom stereocenters. The van der Waals surface area contributed by atoms with Crippen molar-refractivity contribution in [1.29, 1.82) is 0 Å². The Kier molecular flexibility index (Phi) is 4.02. The fraction of sp³-hybridized carbons (Fsp3) is 1.00. The van der Waals surface area contributed by atoms with Gasteiger partial charge in [0, 0.05) is 19.3 Å². The van der Waals surface area contributed by atoms with Crippen LogP contribution in [0.1, 0.15) is 44.9 Å². The van der Waals surface area contributed by atoms with Crippen molar-refractivity contribution in [3.05, 3.63) is 0 Å². The summed E-state index contributed by atoms with van der Waals surface area (Å²) in [6.45, 7) is 0.816. The first-order valence-corrected chi connectivity index (χ1v) is 5.05. The van der Waals surface area contributed by atoms with Crippen molar-refractivity contribution in [1.82, 2.24) is 0 Å². The molecule has 1 rings (SSSR count). The highest BCUT2D eigenvalue weighted by atomic mass is 16.5. The van der Waals surface area contributed by atoms with Crippen molar-refractivity contribution in [3.8, 4) is 0 Å². The lowest BCUT2D eigenvalue weighted by Gasteiger charge is -2.27. The van der Waals surface area contributed by atoms with Crippen LogP contribution in [-0.4, -0.2) is 19.3 Å². The molecule has 1 aliphatic carbocycles. The molecule has 1 saturated carbocycles. The molecule has 0 saturated heterocycles. The first-order valence-electron chi connectivity index (χ1n) is 5.05. The minimum absolute atomic E-state index is 0.0898. The second-order valence-corrected chi connectivity index (χ2v) is 4.02. The topological polar surface area (TPSA) is 35.2 Å². The molecule has 12 heavy (non-hydrogen) atoms. The Morgan fingerprint density at radius 1 is 1.17 bits per heavy atom. The zero-order chi connectivity index (χ0) is 8.86. The molecule has 0 spiro atoms. The third-order valence-electron chi connectivity index (χ3n) is 2.90. The van der Waals surface area contributed by atoms with Crippen molar-refractivity contribution in [3.63, 3.8) is 0 Å². The van der Waals surface area contributed by atoms with E-state index in [-0.39, 0.29) is 5.54 Å². The lowest BCUT2D eigenvalue weighted by Crippen LogP contribution is -2.40. The van der Waals surface area contributed by atoms with Crippen LogP contribution in [0.4, 0.5) is 0 Å². The standard InChI is InChI=1S/C10H21NO/c1-12-9-8-10(11)6-4-2-3-5-7-10/h2-9,11H2,1H3. The van der Waals surface area contributed by atoms with Crippen molar-refractivity contribution in [2.45, 2.75) is 50.5 Å². The predicted molar refractivity (Wildman–Crippen MR) is 51.1 cm³/mol. The highest BCUT2D eigenvalue weighted by molar-refractivity contribution is 4.85. The monoisotopic (exact) mass is 171 g/mol. The number of methoxy groups -OCH3 is 1.